The molecule has 0 bridgehead atoms. The molecule has 1 heterocycles. The van der Waals surface area contributed by atoms with Crippen LogP contribution in [-0.4, -0.2) is 47.7 Å². The van der Waals surface area contributed by atoms with Gasteiger partial charge >= 0.3 is 5.97 Å². The smallest absolute Gasteiger partial charge is 0.313 e. The predicted molar refractivity (Wildman–Crippen MR) is 99.3 cm³/mol. The highest BCUT2D eigenvalue weighted by Crippen LogP contribution is 2.34. The molecule has 1 saturated heterocycles. The molecule has 1 aromatic rings. The molecule has 1 atom stereocenters. The Morgan fingerprint density at radius 3 is 2.69 bits per heavy atom. The van der Waals surface area contributed by atoms with Gasteiger partial charge in [0.25, 0.3) is 11.6 Å². The molecule has 1 fully saturated rings. The third-order valence-electron chi connectivity index (χ3n) is 4.42. The lowest BCUT2D eigenvalue weighted by molar-refractivity contribution is -0.384. The number of hydrogen-bond donors (Lipinski definition) is 0. The minimum atomic E-state index is -0.740. The van der Waals surface area contributed by atoms with Gasteiger partial charge in [0.15, 0.2) is 0 Å². The average Bonchev–Trinajstić information content (AvgIpc) is 3.01. The summed E-state index contributed by atoms with van der Waals surface area (Å²) in [7, 11) is 1.33. The summed E-state index contributed by atoms with van der Waals surface area (Å²) in [5.41, 5.74) is -0.535. The average molecular weight is 380 g/mol. The number of likely N-dealkylation sites (tertiary alicyclic amines) is 1. The van der Waals surface area contributed by atoms with E-state index in [4.69, 9.17) is 4.74 Å². The van der Waals surface area contributed by atoms with Crippen LogP contribution in [0, 0.1) is 21.4 Å². The Morgan fingerprint density at radius 2 is 2.12 bits per heavy atom. The standard InChI is InChI=1S/C18H24N2O5S/c1-12(2)10-26-15-6-5-13(20(23)24)9-14(15)16(21)19-8-7-18(3,11-19)17(22)25-4/h5-6,9,12H,7-8,10-11H2,1-4H3. The lowest BCUT2D eigenvalue weighted by Crippen LogP contribution is -2.35. The van der Waals surface area contributed by atoms with Crippen LogP contribution in [-0.2, 0) is 9.53 Å². The van der Waals surface area contributed by atoms with Crippen LogP contribution in [0.2, 0.25) is 0 Å². The van der Waals surface area contributed by atoms with E-state index in [0.29, 0.717) is 24.4 Å². The van der Waals surface area contributed by atoms with Crippen molar-refractivity contribution in [3.8, 4) is 0 Å². The molecule has 8 heteroatoms. The van der Waals surface area contributed by atoms with Crippen LogP contribution in [0.1, 0.15) is 37.6 Å². The number of carbonyl (C=O) groups excluding carboxylic acids is 2. The van der Waals surface area contributed by atoms with E-state index in [2.05, 4.69) is 13.8 Å². The second-order valence-corrected chi connectivity index (χ2v) is 8.23. The Labute approximate surface area is 157 Å². The van der Waals surface area contributed by atoms with Crippen LogP contribution in [0.3, 0.4) is 0 Å². The quantitative estimate of drug-likeness (QED) is 0.325. The number of nitrogens with zero attached hydrogens (tertiary/aromatic N) is 2. The zero-order valence-electron chi connectivity index (χ0n) is 15.5. The van der Waals surface area contributed by atoms with Gasteiger partial charge in [-0.2, -0.15) is 0 Å². The summed E-state index contributed by atoms with van der Waals surface area (Å²) in [5.74, 6) is 0.596. The number of benzene rings is 1. The first-order chi connectivity index (χ1) is 12.2. The van der Waals surface area contributed by atoms with Crippen LogP contribution in [0.25, 0.3) is 0 Å². The number of nitro benzene ring substituents is 1. The number of nitro groups is 1. The molecule has 1 amide bonds. The Hall–Kier alpha value is -2.09. The summed E-state index contributed by atoms with van der Waals surface area (Å²) in [6.45, 7) is 6.58. The molecule has 142 valence electrons. The molecule has 0 radical (unpaired) electrons. The maximum absolute atomic E-state index is 13.0. The Kier molecular flexibility index (Phi) is 6.28. The van der Waals surface area contributed by atoms with Gasteiger partial charge in [0.2, 0.25) is 0 Å². The normalized spacial score (nSPS) is 19.7. The van der Waals surface area contributed by atoms with Crippen molar-refractivity contribution in [1.29, 1.82) is 0 Å². The van der Waals surface area contributed by atoms with E-state index in [1.807, 2.05) is 0 Å². The van der Waals surface area contributed by atoms with E-state index in [0.717, 1.165) is 10.6 Å². The van der Waals surface area contributed by atoms with E-state index >= 15 is 0 Å². The van der Waals surface area contributed by atoms with Gasteiger partial charge < -0.3 is 9.64 Å². The molecule has 1 aromatic carbocycles. The molecular formula is C18H24N2O5S. The Morgan fingerprint density at radius 1 is 1.42 bits per heavy atom. The number of methoxy groups -OCH3 is 1. The first kappa shape index (κ1) is 20.2. The first-order valence-corrected chi connectivity index (χ1v) is 9.45. The molecule has 1 unspecified atom stereocenters. The highest BCUT2D eigenvalue weighted by atomic mass is 32.2. The van der Waals surface area contributed by atoms with Crippen molar-refractivity contribution in [3.05, 3.63) is 33.9 Å². The van der Waals surface area contributed by atoms with Gasteiger partial charge in [0, 0.05) is 35.9 Å². The summed E-state index contributed by atoms with van der Waals surface area (Å²) >= 11 is 1.51. The summed E-state index contributed by atoms with van der Waals surface area (Å²) in [4.78, 5) is 37.9. The minimum Gasteiger partial charge on any atom is -0.469 e. The topological polar surface area (TPSA) is 89.8 Å². The SMILES string of the molecule is COC(=O)C1(C)CCN(C(=O)c2cc([N+](=O)[O-])ccc2SCC(C)C)C1. The lowest BCUT2D eigenvalue weighted by Gasteiger charge is -2.22. The third kappa shape index (κ3) is 4.35. The van der Waals surface area contributed by atoms with Gasteiger partial charge in [-0.25, -0.2) is 0 Å². The minimum absolute atomic E-state index is 0.114. The van der Waals surface area contributed by atoms with Gasteiger partial charge in [0.1, 0.15) is 0 Å². The molecule has 1 aliphatic rings. The second-order valence-electron chi connectivity index (χ2n) is 7.17. The fourth-order valence-electron chi connectivity index (χ4n) is 2.90. The number of rotatable bonds is 6. The number of thioether (sulfide) groups is 1. The van der Waals surface area contributed by atoms with Crippen molar-refractivity contribution in [1.82, 2.24) is 4.90 Å². The van der Waals surface area contributed by atoms with E-state index in [-0.39, 0.29) is 24.1 Å². The number of hydrogen-bond acceptors (Lipinski definition) is 6. The molecule has 2 rings (SSSR count). The van der Waals surface area contributed by atoms with Gasteiger partial charge in [-0.15, -0.1) is 11.8 Å². The third-order valence-corrected chi connectivity index (χ3v) is 5.92. The molecule has 0 N–H and O–H groups in total. The highest BCUT2D eigenvalue weighted by Gasteiger charge is 2.43. The number of amides is 1. The Balaban J connectivity index is 2.30. The number of non-ortho nitro benzene ring substituents is 1. The number of esters is 1. The van der Waals surface area contributed by atoms with Crippen molar-refractivity contribution in [2.75, 3.05) is 26.0 Å². The fourth-order valence-corrected chi connectivity index (χ4v) is 3.88. The van der Waals surface area contributed by atoms with Crippen LogP contribution in [0.15, 0.2) is 23.1 Å². The van der Waals surface area contributed by atoms with Gasteiger partial charge in [-0.05, 0) is 25.3 Å². The molecular weight excluding hydrogens is 356 g/mol. The zero-order chi connectivity index (χ0) is 19.5. The van der Waals surface area contributed by atoms with Crippen molar-refractivity contribution < 1.29 is 19.2 Å². The van der Waals surface area contributed by atoms with Crippen LogP contribution >= 0.6 is 11.8 Å². The molecule has 1 aliphatic heterocycles. The maximum atomic E-state index is 13.0. The summed E-state index contributed by atoms with van der Waals surface area (Å²) in [5, 5.41) is 11.1. The first-order valence-electron chi connectivity index (χ1n) is 8.47. The van der Waals surface area contributed by atoms with Crippen molar-refractivity contribution >= 4 is 29.3 Å². The predicted octanol–water partition coefficient (Wildman–Crippen LogP) is 3.37. The summed E-state index contributed by atoms with van der Waals surface area (Å²) < 4.78 is 4.84. The van der Waals surface area contributed by atoms with Gasteiger partial charge in [-0.1, -0.05) is 13.8 Å². The van der Waals surface area contributed by atoms with Gasteiger partial charge in [-0.3, -0.25) is 19.7 Å². The van der Waals surface area contributed by atoms with Crippen molar-refractivity contribution in [2.45, 2.75) is 32.1 Å². The van der Waals surface area contributed by atoms with E-state index in [1.165, 1.54) is 31.0 Å². The van der Waals surface area contributed by atoms with Crippen molar-refractivity contribution in [3.63, 3.8) is 0 Å². The van der Waals surface area contributed by atoms with E-state index in [9.17, 15) is 19.7 Å². The molecule has 7 nitrogen and oxygen atoms in total. The zero-order valence-corrected chi connectivity index (χ0v) is 16.3. The summed E-state index contributed by atoms with van der Waals surface area (Å²) in [6.07, 6.45) is 0.509. The largest absolute Gasteiger partial charge is 0.469 e. The number of ether oxygens (including phenoxy) is 1. The molecule has 0 aromatic heterocycles. The van der Waals surface area contributed by atoms with Crippen LogP contribution in [0.5, 0.6) is 0 Å². The fraction of sp³-hybridized carbons (Fsp3) is 0.556. The molecule has 0 aliphatic carbocycles. The monoisotopic (exact) mass is 380 g/mol. The second kappa shape index (κ2) is 8.07. The van der Waals surface area contributed by atoms with E-state index < -0.39 is 10.3 Å². The van der Waals surface area contributed by atoms with Crippen LogP contribution < -0.4 is 0 Å². The highest BCUT2D eigenvalue weighted by molar-refractivity contribution is 7.99. The van der Waals surface area contributed by atoms with Gasteiger partial charge in [0.05, 0.1) is 23.0 Å². The molecule has 26 heavy (non-hydrogen) atoms. The van der Waals surface area contributed by atoms with Crippen LogP contribution in [0.4, 0.5) is 5.69 Å². The Bertz CT molecular complexity index is 722. The van der Waals surface area contributed by atoms with Crippen molar-refractivity contribution in [2.24, 2.45) is 11.3 Å². The lowest BCUT2D eigenvalue weighted by atomic mass is 9.90. The number of carbonyl (C=O) groups is 2. The summed E-state index contributed by atoms with van der Waals surface area (Å²) in [6, 6.07) is 4.38. The molecule has 0 spiro atoms. The van der Waals surface area contributed by atoms with E-state index in [1.54, 1.807) is 17.9 Å². The maximum Gasteiger partial charge on any atom is 0.313 e. The molecule has 0 saturated carbocycles.